The van der Waals surface area contributed by atoms with Crippen LogP contribution in [0, 0.1) is 0 Å². The van der Waals surface area contributed by atoms with Gasteiger partial charge in [0.25, 0.3) is 0 Å². The van der Waals surface area contributed by atoms with Crippen LogP contribution in [0.25, 0.3) is 0 Å². The van der Waals surface area contributed by atoms with Gasteiger partial charge in [0.05, 0.1) is 6.04 Å². The minimum Gasteiger partial charge on any atom is -0.295 e. The zero-order chi connectivity index (χ0) is 13.7. The molecule has 1 heteroatoms. The third-order valence-corrected chi connectivity index (χ3v) is 3.64. The fourth-order valence-corrected chi connectivity index (χ4v) is 2.76. The van der Waals surface area contributed by atoms with Crippen LogP contribution in [0.4, 0.5) is 0 Å². The number of rotatable bonds is 1. The summed E-state index contributed by atoms with van der Waals surface area (Å²) in [5, 5.41) is 0. The van der Waals surface area contributed by atoms with Crippen molar-refractivity contribution in [3.05, 3.63) is 71.3 Å². The second-order valence-electron chi connectivity index (χ2n) is 4.74. The first-order valence-electron chi connectivity index (χ1n) is 7.19. The van der Waals surface area contributed by atoms with Gasteiger partial charge in [0.15, 0.2) is 0 Å². The first kappa shape index (κ1) is 13.8. The molecule has 1 atom stereocenters. The number of benzene rings is 2. The molecule has 1 unspecified atom stereocenters. The summed E-state index contributed by atoms with van der Waals surface area (Å²) in [4.78, 5) is 2.44. The summed E-state index contributed by atoms with van der Waals surface area (Å²) in [5.41, 5.74) is 4.36. The van der Waals surface area contributed by atoms with Crippen molar-refractivity contribution in [1.29, 1.82) is 0 Å². The van der Waals surface area contributed by atoms with E-state index >= 15 is 0 Å². The molecule has 1 aliphatic rings. The molecule has 1 aliphatic heterocycles. The third-order valence-electron chi connectivity index (χ3n) is 3.64. The molecule has 0 N–H and O–H groups in total. The Kier molecular flexibility index (Phi) is 4.75. The maximum absolute atomic E-state index is 2.44. The highest BCUT2D eigenvalue weighted by Crippen LogP contribution is 2.33. The average molecular weight is 253 g/mol. The van der Waals surface area contributed by atoms with Gasteiger partial charge in [0.2, 0.25) is 0 Å². The van der Waals surface area contributed by atoms with Gasteiger partial charge in [-0.2, -0.15) is 0 Å². The number of hydrogen-bond donors (Lipinski definition) is 0. The minimum atomic E-state index is 0.418. The fourth-order valence-electron chi connectivity index (χ4n) is 2.76. The van der Waals surface area contributed by atoms with Gasteiger partial charge in [-0.05, 0) is 30.2 Å². The summed E-state index contributed by atoms with van der Waals surface area (Å²) in [7, 11) is 2.22. The van der Waals surface area contributed by atoms with Gasteiger partial charge >= 0.3 is 0 Å². The van der Waals surface area contributed by atoms with Crippen molar-refractivity contribution in [2.75, 3.05) is 13.6 Å². The minimum absolute atomic E-state index is 0.418. The Morgan fingerprint density at radius 3 is 2.26 bits per heavy atom. The van der Waals surface area contributed by atoms with E-state index in [9.17, 15) is 0 Å². The smallest absolute Gasteiger partial charge is 0.0602 e. The first-order valence-corrected chi connectivity index (χ1v) is 7.19. The lowest BCUT2D eigenvalue weighted by Gasteiger charge is -2.35. The molecule has 0 spiro atoms. The van der Waals surface area contributed by atoms with E-state index in [1.54, 1.807) is 0 Å². The molecule has 2 aromatic rings. The maximum atomic E-state index is 2.44. The van der Waals surface area contributed by atoms with Gasteiger partial charge in [0.1, 0.15) is 0 Å². The molecule has 0 saturated carbocycles. The maximum Gasteiger partial charge on any atom is 0.0602 e. The van der Waals surface area contributed by atoms with Crippen LogP contribution in [-0.2, 0) is 6.42 Å². The molecule has 0 amide bonds. The molecule has 0 saturated heterocycles. The Hall–Kier alpha value is -1.60. The van der Waals surface area contributed by atoms with Crippen LogP contribution in [0.2, 0.25) is 0 Å². The van der Waals surface area contributed by atoms with Gasteiger partial charge in [-0.15, -0.1) is 0 Å². The van der Waals surface area contributed by atoms with Gasteiger partial charge in [0, 0.05) is 6.54 Å². The Morgan fingerprint density at radius 2 is 1.53 bits per heavy atom. The van der Waals surface area contributed by atoms with Crippen molar-refractivity contribution < 1.29 is 0 Å². The molecule has 100 valence electrons. The highest BCUT2D eigenvalue weighted by molar-refractivity contribution is 5.39. The molecule has 0 aliphatic carbocycles. The van der Waals surface area contributed by atoms with Crippen LogP contribution in [-0.4, -0.2) is 18.5 Å². The van der Waals surface area contributed by atoms with E-state index in [1.165, 1.54) is 16.7 Å². The van der Waals surface area contributed by atoms with E-state index in [1.807, 2.05) is 13.8 Å². The van der Waals surface area contributed by atoms with Crippen LogP contribution in [0.5, 0.6) is 0 Å². The second-order valence-corrected chi connectivity index (χ2v) is 4.74. The predicted molar refractivity (Wildman–Crippen MR) is 82.4 cm³/mol. The highest BCUT2D eigenvalue weighted by Gasteiger charge is 2.25. The Labute approximate surface area is 116 Å². The van der Waals surface area contributed by atoms with Crippen LogP contribution in [0.3, 0.4) is 0 Å². The molecular formula is C18H23N. The van der Waals surface area contributed by atoms with Crippen molar-refractivity contribution in [2.24, 2.45) is 0 Å². The summed E-state index contributed by atoms with van der Waals surface area (Å²) >= 11 is 0. The molecule has 1 nitrogen and oxygen atoms in total. The van der Waals surface area contributed by atoms with Crippen molar-refractivity contribution in [2.45, 2.75) is 26.3 Å². The van der Waals surface area contributed by atoms with Crippen molar-refractivity contribution in [3.63, 3.8) is 0 Å². The SMILES string of the molecule is CC.CN1CCc2ccccc2C1c1ccccc1. The van der Waals surface area contributed by atoms with Gasteiger partial charge in [-0.3, -0.25) is 4.90 Å². The molecule has 3 rings (SSSR count). The lowest BCUT2D eigenvalue weighted by atomic mass is 9.89. The highest BCUT2D eigenvalue weighted by atomic mass is 15.1. The molecule has 0 aromatic heterocycles. The normalized spacial score (nSPS) is 18.2. The van der Waals surface area contributed by atoms with Crippen molar-refractivity contribution in [3.8, 4) is 0 Å². The van der Waals surface area contributed by atoms with E-state index < -0.39 is 0 Å². The first-order chi connectivity index (χ1) is 9.36. The average Bonchev–Trinajstić information content (AvgIpc) is 2.50. The van der Waals surface area contributed by atoms with Crippen LogP contribution >= 0.6 is 0 Å². The molecule has 0 radical (unpaired) electrons. The van der Waals surface area contributed by atoms with Crippen molar-refractivity contribution >= 4 is 0 Å². The van der Waals surface area contributed by atoms with Crippen LogP contribution in [0.1, 0.15) is 36.6 Å². The number of hydrogen-bond acceptors (Lipinski definition) is 1. The number of fused-ring (bicyclic) bond motifs is 1. The lowest BCUT2D eigenvalue weighted by Crippen LogP contribution is -2.32. The summed E-state index contributed by atoms with van der Waals surface area (Å²) < 4.78 is 0. The van der Waals surface area contributed by atoms with E-state index in [4.69, 9.17) is 0 Å². The predicted octanol–water partition coefficient (Wildman–Crippen LogP) is 4.29. The fraction of sp³-hybridized carbons (Fsp3) is 0.333. The van der Waals surface area contributed by atoms with E-state index in [2.05, 4.69) is 66.5 Å². The molecular weight excluding hydrogens is 230 g/mol. The zero-order valence-corrected chi connectivity index (χ0v) is 12.1. The van der Waals surface area contributed by atoms with E-state index in [0.29, 0.717) is 6.04 Å². The molecule has 2 aromatic carbocycles. The largest absolute Gasteiger partial charge is 0.295 e. The summed E-state index contributed by atoms with van der Waals surface area (Å²) in [6, 6.07) is 20.0. The third kappa shape index (κ3) is 2.87. The molecule has 19 heavy (non-hydrogen) atoms. The Morgan fingerprint density at radius 1 is 0.895 bits per heavy atom. The van der Waals surface area contributed by atoms with E-state index in [0.717, 1.165) is 13.0 Å². The molecule has 0 bridgehead atoms. The van der Waals surface area contributed by atoms with Gasteiger partial charge < -0.3 is 0 Å². The van der Waals surface area contributed by atoms with Crippen molar-refractivity contribution in [1.82, 2.24) is 4.90 Å². The van der Waals surface area contributed by atoms with E-state index in [-0.39, 0.29) is 0 Å². The Balaban J connectivity index is 0.000000637. The van der Waals surface area contributed by atoms with Gasteiger partial charge in [-0.25, -0.2) is 0 Å². The monoisotopic (exact) mass is 253 g/mol. The van der Waals surface area contributed by atoms with Crippen LogP contribution < -0.4 is 0 Å². The lowest BCUT2D eigenvalue weighted by molar-refractivity contribution is 0.265. The number of nitrogens with zero attached hydrogens (tertiary/aromatic N) is 1. The number of likely N-dealkylation sites (N-methyl/N-ethyl adjacent to an activating group) is 1. The zero-order valence-electron chi connectivity index (χ0n) is 12.1. The van der Waals surface area contributed by atoms with Crippen LogP contribution in [0.15, 0.2) is 54.6 Å². The summed E-state index contributed by atoms with van der Waals surface area (Å²) in [5.74, 6) is 0. The van der Waals surface area contributed by atoms with Gasteiger partial charge in [-0.1, -0.05) is 68.4 Å². The second kappa shape index (κ2) is 6.53. The standard InChI is InChI=1S/C16H17N.C2H6/c1-17-12-11-13-7-5-6-10-15(13)16(17)14-8-3-2-4-9-14;1-2/h2-10,16H,11-12H2,1H3;1-2H3. The topological polar surface area (TPSA) is 3.24 Å². The summed E-state index contributed by atoms with van der Waals surface area (Å²) in [6.45, 7) is 5.14. The molecule has 0 fully saturated rings. The quantitative estimate of drug-likeness (QED) is 0.733. The molecule has 1 heterocycles. The summed E-state index contributed by atoms with van der Waals surface area (Å²) in [6.07, 6.45) is 1.16. The Bertz CT molecular complexity index is 504.